The highest BCUT2D eigenvalue weighted by molar-refractivity contribution is 7.89. The molecule has 2 aliphatic rings. The molecule has 0 unspecified atom stereocenters. The second-order valence-corrected chi connectivity index (χ2v) is 10.5. The van der Waals surface area contributed by atoms with Crippen molar-refractivity contribution in [2.45, 2.75) is 17.7 Å². The number of amides is 2. The van der Waals surface area contributed by atoms with Crippen molar-refractivity contribution in [2.24, 2.45) is 5.92 Å². The number of carbonyl (C=O) groups is 2. The highest BCUT2D eigenvalue weighted by Crippen LogP contribution is 2.25. The van der Waals surface area contributed by atoms with Crippen LogP contribution in [0.2, 0.25) is 0 Å². The Kier molecular flexibility index (Phi) is 7.54. The van der Waals surface area contributed by atoms with E-state index in [1.807, 2.05) is 9.80 Å². The quantitative estimate of drug-likeness (QED) is 0.658. The maximum Gasteiger partial charge on any atom is 0.244 e. The molecule has 0 bridgehead atoms. The van der Waals surface area contributed by atoms with Crippen LogP contribution in [0.25, 0.3) is 0 Å². The van der Waals surface area contributed by atoms with E-state index in [1.165, 1.54) is 47.0 Å². The number of halogens is 1. The Balaban J connectivity index is 1.22. The molecule has 2 saturated heterocycles. The van der Waals surface area contributed by atoms with Crippen LogP contribution >= 0.6 is 0 Å². The number of aromatic nitrogens is 1. The molecule has 2 amide bonds. The number of rotatable bonds is 6. The molecule has 4 rings (SSSR count). The lowest BCUT2D eigenvalue weighted by Gasteiger charge is -2.38. The molecular formula is C23H28FN5O4S. The molecule has 2 fully saturated rings. The topological polar surface area (TPSA) is 103 Å². The fraction of sp³-hybridized carbons (Fsp3) is 0.435. The molecule has 0 aliphatic carbocycles. The van der Waals surface area contributed by atoms with Crippen LogP contribution in [0.3, 0.4) is 0 Å². The lowest BCUT2D eigenvalue weighted by Crippen LogP contribution is -2.53. The summed E-state index contributed by atoms with van der Waals surface area (Å²) in [5, 5.41) is 2.74. The lowest BCUT2D eigenvalue weighted by molar-refractivity contribution is -0.138. The molecule has 0 radical (unpaired) electrons. The average Bonchev–Trinajstić information content (AvgIpc) is 2.86. The van der Waals surface area contributed by atoms with E-state index in [0.29, 0.717) is 57.8 Å². The normalized spacial score (nSPS) is 18.6. The SMILES string of the molecule is O=C(CN1CCN(C(=O)C2CCN(S(=O)(=O)c3cccnc3)CC2)CC1)Nc1ccc(F)cc1. The molecule has 11 heteroatoms. The van der Waals surface area contributed by atoms with Crippen molar-refractivity contribution < 1.29 is 22.4 Å². The van der Waals surface area contributed by atoms with E-state index in [1.54, 1.807) is 6.07 Å². The average molecular weight is 490 g/mol. The van der Waals surface area contributed by atoms with Crippen molar-refractivity contribution in [3.05, 3.63) is 54.6 Å². The van der Waals surface area contributed by atoms with Gasteiger partial charge in [-0.3, -0.25) is 19.5 Å². The number of nitrogens with one attached hydrogen (secondary N) is 1. The van der Waals surface area contributed by atoms with Crippen LogP contribution in [-0.2, 0) is 19.6 Å². The lowest BCUT2D eigenvalue weighted by atomic mass is 9.96. The monoisotopic (exact) mass is 489 g/mol. The van der Waals surface area contributed by atoms with E-state index in [9.17, 15) is 22.4 Å². The summed E-state index contributed by atoms with van der Waals surface area (Å²) in [6.07, 6.45) is 3.84. The molecule has 3 heterocycles. The third-order valence-corrected chi connectivity index (χ3v) is 8.14. The molecule has 0 saturated carbocycles. The summed E-state index contributed by atoms with van der Waals surface area (Å²) in [5.74, 6) is -0.698. The number of hydrogen-bond donors (Lipinski definition) is 1. The van der Waals surface area contributed by atoms with Gasteiger partial charge in [0, 0.05) is 63.3 Å². The molecular weight excluding hydrogens is 461 g/mol. The largest absolute Gasteiger partial charge is 0.340 e. The van der Waals surface area contributed by atoms with Gasteiger partial charge in [0.05, 0.1) is 6.54 Å². The highest BCUT2D eigenvalue weighted by Gasteiger charge is 2.34. The second-order valence-electron chi connectivity index (χ2n) is 8.52. The van der Waals surface area contributed by atoms with Crippen LogP contribution < -0.4 is 5.32 Å². The second kappa shape index (κ2) is 10.6. The van der Waals surface area contributed by atoms with Crippen molar-refractivity contribution in [1.29, 1.82) is 0 Å². The van der Waals surface area contributed by atoms with Gasteiger partial charge in [-0.2, -0.15) is 4.31 Å². The van der Waals surface area contributed by atoms with Gasteiger partial charge >= 0.3 is 0 Å². The van der Waals surface area contributed by atoms with Crippen molar-refractivity contribution in [2.75, 3.05) is 51.1 Å². The molecule has 1 aromatic heterocycles. The third-order valence-electron chi connectivity index (χ3n) is 6.25. The highest BCUT2D eigenvalue weighted by atomic mass is 32.2. The third kappa shape index (κ3) is 5.78. The number of hydrogen-bond acceptors (Lipinski definition) is 6. The van der Waals surface area contributed by atoms with Crippen molar-refractivity contribution in [3.8, 4) is 0 Å². The van der Waals surface area contributed by atoms with Gasteiger partial charge in [-0.1, -0.05) is 0 Å². The van der Waals surface area contributed by atoms with Gasteiger partial charge in [0.1, 0.15) is 10.7 Å². The maximum absolute atomic E-state index is 13.0. The fourth-order valence-electron chi connectivity index (χ4n) is 4.31. The Hall–Kier alpha value is -2.89. The number of piperazine rings is 1. The van der Waals surface area contributed by atoms with E-state index < -0.39 is 10.0 Å². The van der Waals surface area contributed by atoms with E-state index in [-0.39, 0.29) is 35.0 Å². The van der Waals surface area contributed by atoms with Gasteiger partial charge in [0.25, 0.3) is 0 Å². The summed E-state index contributed by atoms with van der Waals surface area (Å²) in [6.45, 7) is 3.01. The van der Waals surface area contributed by atoms with Gasteiger partial charge in [0.2, 0.25) is 21.8 Å². The Morgan fingerprint density at radius 2 is 1.68 bits per heavy atom. The van der Waals surface area contributed by atoms with E-state index >= 15 is 0 Å². The summed E-state index contributed by atoms with van der Waals surface area (Å²) in [6, 6.07) is 8.72. The summed E-state index contributed by atoms with van der Waals surface area (Å²) in [5.41, 5.74) is 0.539. The molecule has 0 atom stereocenters. The minimum Gasteiger partial charge on any atom is -0.340 e. The fourth-order valence-corrected chi connectivity index (χ4v) is 5.75. The zero-order valence-electron chi connectivity index (χ0n) is 18.8. The zero-order chi connectivity index (χ0) is 24.1. The van der Waals surface area contributed by atoms with Gasteiger partial charge in [-0.15, -0.1) is 0 Å². The Morgan fingerprint density at radius 1 is 1.00 bits per heavy atom. The summed E-state index contributed by atoms with van der Waals surface area (Å²) >= 11 is 0. The number of pyridine rings is 1. The maximum atomic E-state index is 13.0. The molecule has 2 aromatic rings. The molecule has 1 aromatic carbocycles. The molecule has 182 valence electrons. The molecule has 0 spiro atoms. The molecule has 2 aliphatic heterocycles. The van der Waals surface area contributed by atoms with Crippen molar-refractivity contribution in [3.63, 3.8) is 0 Å². The number of carbonyl (C=O) groups excluding carboxylic acids is 2. The van der Waals surface area contributed by atoms with Gasteiger partial charge in [-0.25, -0.2) is 12.8 Å². The Labute approximate surface area is 198 Å². The molecule has 34 heavy (non-hydrogen) atoms. The van der Waals surface area contributed by atoms with E-state index in [4.69, 9.17) is 0 Å². The van der Waals surface area contributed by atoms with Crippen LogP contribution in [0, 0.1) is 11.7 Å². The first-order valence-corrected chi connectivity index (χ1v) is 12.7. The number of piperidine rings is 1. The van der Waals surface area contributed by atoms with Crippen LogP contribution in [-0.4, -0.2) is 85.1 Å². The first kappa shape index (κ1) is 24.2. The molecule has 1 N–H and O–H groups in total. The van der Waals surface area contributed by atoms with Crippen LogP contribution in [0.4, 0.5) is 10.1 Å². The summed E-state index contributed by atoms with van der Waals surface area (Å²) < 4.78 is 39.9. The smallest absolute Gasteiger partial charge is 0.244 e. The van der Waals surface area contributed by atoms with Crippen LogP contribution in [0.1, 0.15) is 12.8 Å². The predicted octanol–water partition coefficient (Wildman–Crippen LogP) is 1.40. The van der Waals surface area contributed by atoms with E-state index in [2.05, 4.69) is 10.3 Å². The minimum absolute atomic E-state index is 0.0499. The minimum atomic E-state index is -3.60. The summed E-state index contributed by atoms with van der Waals surface area (Å²) in [7, 11) is -3.60. The number of nitrogens with zero attached hydrogens (tertiary/aromatic N) is 4. The van der Waals surface area contributed by atoms with Crippen molar-refractivity contribution in [1.82, 2.24) is 19.1 Å². The molecule has 9 nitrogen and oxygen atoms in total. The zero-order valence-corrected chi connectivity index (χ0v) is 19.6. The number of sulfonamides is 1. The predicted molar refractivity (Wildman–Crippen MR) is 124 cm³/mol. The van der Waals surface area contributed by atoms with Crippen molar-refractivity contribution >= 4 is 27.5 Å². The van der Waals surface area contributed by atoms with Gasteiger partial charge in [0.15, 0.2) is 0 Å². The van der Waals surface area contributed by atoms with Gasteiger partial charge in [-0.05, 0) is 49.2 Å². The number of benzene rings is 1. The Morgan fingerprint density at radius 3 is 2.29 bits per heavy atom. The van der Waals surface area contributed by atoms with Gasteiger partial charge < -0.3 is 10.2 Å². The first-order chi connectivity index (χ1) is 16.3. The van der Waals surface area contributed by atoms with Crippen LogP contribution in [0.5, 0.6) is 0 Å². The van der Waals surface area contributed by atoms with E-state index in [0.717, 1.165) is 0 Å². The first-order valence-electron chi connectivity index (χ1n) is 11.3. The summed E-state index contributed by atoms with van der Waals surface area (Å²) in [4.78, 5) is 33.1. The van der Waals surface area contributed by atoms with Crippen LogP contribution in [0.15, 0.2) is 53.7 Å². The number of anilines is 1. The Bertz CT molecular complexity index is 1100. The standard InChI is InChI=1S/C23H28FN5O4S/c24-19-3-5-20(6-4-19)26-22(30)17-27-12-14-28(15-13-27)23(31)18-7-10-29(11-8-18)34(32,33)21-2-1-9-25-16-21/h1-6,9,16,18H,7-8,10-15,17H2,(H,26,30).